The van der Waals surface area contributed by atoms with Gasteiger partial charge in [0.05, 0.1) is 18.4 Å². The number of ether oxygens (including phenoxy) is 1. The highest BCUT2D eigenvalue weighted by Crippen LogP contribution is 2.30. The summed E-state index contributed by atoms with van der Waals surface area (Å²) in [6.07, 6.45) is 3.35. The predicted molar refractivity (Wildman–Crippen MR) is 140 cm³/mol. The lowest BCUT2D eigenvalue weighted by Gasteiger charge is -2.22. The van der Waals surface area contributed by atoms with Gasteiger partial charge in [-0.25, -0.2) is 9.37 Å². The van der Waals surface area contributed by atoms with Crippen molar-refractivity contribution in [2.75, 3.05) is 19.0 Å². The van der Waals surface area contributed by atoms with Gasteiger partial charge in [0.2, 0.25) is 11.9 Å². The monoisotopic (exact) mass is 518 g/mol. The van der Waals surface area contributed by atoms with Gasteiger partial charge in [0.15, 0.2) is 0 Å². The van der Waals surface area contributed by atoms with Crippen LogP contribution in [0, 0.1) is 5.82 Å². The number of hydrogen-bond acceptors (Lipinski definition) is 4. The largest absolute Gasteiger partial charge is 0.497 e. The molecule has 5 rings (SSSR count). The van der Waals surface area contributed by atoms with Gasteiger partial charge in [-0.3, -0.25) is 19.5 Å². The number of hydrogen-bond donors (Lipinski definition) is 1. The van der Waals surface area contributed by atoms with Crippen LogP contribution in [0.3, 0.4) is 0 Å². The van der Waals surface area contributed by atoms with Crippen LogP contribution in [0.1, 0.15) is 23.2 Å². The van der Waals surface area contributed by atoms with Gasteiger partial charge in [-0.15, -0.1) is 0 Å². The minimum absolute atomic E-state index is 0.0491. The van der Waals surface area contributed by atoms with Crippen LogP contribution in [0.4, 0.5) is 10.3 Å². The van der Waals surface area contributed by atoms with E-state index in [0.29, 0.717) is 16.5 Å². The Morgan fingerprint density at radius 3 is 2.43 bits per heavy atom. The zero-order chi connectivity index (χ0) is 25.9. The molecule has 4 aromatic rings. The summed E-state index contributed by atoms with van der Waals surface area (Å²) in [6, 6.07) is 20.2. The van der Waals surface area contributed by atoms with Gasteiger partial charge in [0.1, 0.15) is 18.1 Å². The standard InChI is InChI=1S/C28H24ClFN4O3/c1-37-22-14-12-21(13-15-22)34-16-25(18-6-8-19(29)9-7-18)31-28(34)32-26(35)17-33(20-10-11-20)27(36)23-4-2-3-5-24(23)30/h2-9,12-16,20H,10-11,17H2,1H3,(H,31,32,35). The molecule has 1 heterocycles. The molecule has 0 atom stereocenters. The third kappa shape index (κ3) is 5.49. The van der Waals surface area contributed by atoms with E-state index in [-0.39, 0.29) is 24.1 Å². The van der Waals surface area contributed by atoms with Crippen LogP contribution in [-0.2, 0) is 4.79 Å². The summed E-state index contributed by atoms with van der Waals surface area (Å²) >= 11 is 6.04. The Bertz CT molecular complexity index is 1430. The van der Waals surface area contributed by atoms with Crippen molar-refractivity contribution in [2.24, 2.45) is 0 Å². The second-order valence-corrected chi connectivity index (χ2v) is 9.15. The molecule has 0 unspecified atom stereocenters. The Hall–Kier alpha value is -4.17. The number of methoxy groups -OCH3 is 1. The van der Waals surface area contributed by atoms with Gasteiger partial charge < -0.3 is 9.64 Å². The Balaban J connectivity index is 1.42. The predicted octanol–water partition coefficient (Wildman–Crippen LogP) is 5.58. The number of nitrogens with zero attached hydrogens (tertiary/aromatic N) is 3. The molecule has 0 saturated heterocycles. The first-order valence-corrected chi connectivity index (χ1v) is 12.2. The molecular weight excluding hydrogens is 495 g/mol. The number of rotatable bonds is 8. The molecule has 1 fully saturated rings. The summed E-state index contributed by atoms with van der Waals surface area (Å²) in [5.41, 5.74) is 2.16. The maximum atomic E-state index is 14.3. The lowest BCUT2D eigenvalue weighted by molar-refractivity contribution is -0.117. The van der Waals surface area contributed by atoms with Gasteiger partial charge in [-0.2, -0.15) is 0 Å². The van der Waals surface area contributed by atoms with Crippen LogP contribution >= 0.6 is 11.6 Å². The number of anilines is 1. The van der Waals surface area contributed by atoms with Crippen molar-refractivity contribution in [1.29, 1.82) is 0 Å². The number of amides is 2. The first-order valence-electron chi connectivity index (χ1n) is 11.8. The first kappa shape index (κ1) is 24.5. The summed E-state index contributed by atoms with van der Waals surface area (Å²) < 4.78 is 21.3. The normalized spacial score (nSPS) is 12.7. The fraction of sp³-hybridized carbons (Fsp3) is 0.179. The quantitative estimate of drug-likeness (QED) is 0.330. The third-order valence-electron chi connectivity index (χ3n) is 6.11. The van der Waals surface area contributed by atoms with Crippen LogP contribution < -0.4 is 10.1 Å². The van der Waals surface area contributed by atoms with Crippen molar-refractivity contribution in [3.63, 3.8) is 0 Å². The second kappa shape index (κ2) is 10.4. The molecule has 0 aliphatic heterocycles. The van der Waals surface area contributed by atoms with Gasteiger partial charge in [0, 0.05) is 28.5 Å². The van der Waals surface area contributed by atoms with Gasteiger partial charge in [-0.1, -0.05) is 35.9 Å². The molecule has 188 valence electrons. The van der Waals surface area contributed by atoms with Crippen LogP contribution in [-0.4, -0.2) is 46.0 Å². The Kier molecular flexibility index (Phi) is 6.92. The van der Waals surface area contributed by atoms with Crippen LogP contribution in [0.25, 0.3) is 16.9 Å². The smallest absolute Gasteiger partial charge is 0.257 e. The summed E-state index contributed by atoms with van der Waals surface area (Å²) in [5.74, 6) is -0.565. The number of benzene rings is 3. The Morgan fingerprint density at radius 1 is 1.08 bits per heavy atom. The van der Waals surface area contributed by atoms with Gasteiger partial charge >= 0.3 is 0 Å². The van der Waals surface area contributed by atoms with Crippen molar-refractivity contribution in [2.45, 2.75) is 18.9 Å². The van der Waals surface area contributed by atoms with E-state index in [0.717, 1.165) is 24.1 Å². The third-order valence-corrected chi connectivity index (χ3v) is 6.37. The summed E-state index contributed by atoms with van der Waals surface area (Å²) in [5, 5.41) is 3.44. The van der Waals surface area contributed by atoms with Crippen LogP contribution in [0.2, 0.25) is 5.02 Å². The lowest BCUT2D eigenvalue weighted by atomic mass is 10.2. The maximum absolute atomic E-state index is 14.3. The first-order chi connectivity index (χ1) is 17.9. The number of nitrogens with one attached hydrogen (secondary N) is 1. The summed E-state index contributed by atoms with van der Waals surface area (Å²) in [4.78, 5) is 32.3. The number of aromatic nitrogens is 2. The Labute approximate surface area is 218 Å². The average molecular weight is 519 g/mol. The molecule has 1 aromatic heterocycles. The van der Waals surface area contributed by atoms with E-state index in [4.69, 9.17) is 16.3 Å². The highest BCUT2D eigenvalue weighted by molar-refractivity contribution is 6.30. The number of halogens is 2. The van der Waals surface area contributed by atoms with E-state index in [9.17, 15) is 14.0 Å². The highest BCUT2D eigenvalue weighted by atomic mass is 35.5. The molecule has 9 heteroatoms. The molecule has 7 nitrogen and oxygen atoms in total. The van der Waals surface area contributed by atoms with Crippen molar-refractivity contribution in [3.8, 4) is 22.7 Å². The van der Waals surface area contributed by atoms with Gasteiger partial charge in [-0.05, 0) is 61.4 Å². The van der Waals surface area contributed by atoms with E-state index in [2.05, 4.69) is 10.3 Å². The molecule has 3 aromatic carbocycles. The van der Waals surface area contributed by atoms with E-state index in [1.165, 1.54) is 23.1 Å². The van der Waals surface area contributed by atoms with Crippen molar-refractivity contribution in [1.82, 2.24) is 14.5 Å². The molecule has 2 amide bonds. The number of carbonyl (C=O) groups excluding carboxylic acids is 2. The molecular formula is C28H24ClFN4O3. The highest BCUT2D eigenvalue weighted by Gasteiger charge is 2.35. The van der Waals surface area contributed by atoms with E-state index in [1.807, 2.05) is 42.6 Å². The molecule has 1 aliphatic carbocycles. The fourth-order valence-electron chi connectivity index (χ4n) is 4.03. The molecule has 1 N–H and O–H groups in total. The summed E-state index contributed by atoms with van der Waals surface area (Å²) in [6.45, 7) is -0.219. The number of imidazole rings is 1. The maximum Gasteiger partial charge on any atom is 0.257 e. The number of carbonyl (C=O) groups is 2. The Morgan fingerprint density at radius 2 is 1.78 bits per heavy atom. The van der Waals surface area contributed by atoms with Crippen LogP contribution in [0.5, 0.6) is 5.75 Å². The van der Waals surface area contributed by atoms with Gasteiger partial charge in [0.25, 0.3) is 5.91 Å². The van der Waals surface area contributed by atoms with Crippen molar-refractivity contribution < 1.29 is 18.7 Å². The minimum Gasteiger partial charge on any atom is -0.497 e. The van der Waals surface area contributed by atoms with E-state index < -0.39 is 17.6 Å². The minimum atomic E-state index is -0.610. The molecule has 0 spiro atoms. The molecule has 1 aliphatic rings. The second-order valence-electron chi connectivity index (χ2n) is 8.72. The fourth-order valence-corrected chi connectivity index (χ4v) is 4.16. The molecule has 1 saturated carbocycles. The SMILES string of the molecule is COc1ccc(-n2cc(-c3ccc(Cl)cc3)nc2NC(=O)CN(C(=O)c2ccccc2F)C2CC2)cc1. The van der Waals surface area contributed by atoms with E-state index in [1.54, 1.807) is 29.9 Å². The lowest BCUT2D eigenvalue weighted by Crippen LogP contribution is -2.40. The topological polar surface area (TPSA) is 76.5 Å². The summed E-state index contributed by atoms with van der Waals surface area (Å²) in [7, 11) is 1.59. The zero-order valence-electron chi connectivity index (χ0n) is 20.0. The van der Waals surface area contributed by atoms with Crippen molar-refractivity contribution in [3.05, 3.63) is 95.4 Å². The van der Waals surface area contributed by atoms with Crippen LogP contribution in [0.15, 0.2) is 79.0 Å². The average Bonchev–Trinajstić information content (AvgIpc) is 3.67. The molecule has 37 heavy (non-hydrogen) atoms. The molecule has 0 radical (unpaired) electrons. The van der Waals surface area contributed by atoms with Crippen molar-refractivity contribution >= 4 is 29.4 Å². The van der Waals surface area contributed by atoms with E-state index >= 15 is 0 Å². The molecule has 0 bridgehead atoms. The zero-order valence-corrected chi connectivity index (χ0v) is 20.8.